The van der Waals surface area contributed by atoms with E-state index in [0.29, 0.717) is 5.69 Å². The Morgan fingerprint density at radius 1 is 1.29 bits per heavy atom. The van der Waals surface area contributed by atoms with Crippen LogP contribution in [0, 0.1) is 12.7 Å². The molecule has 0 atom stereocenters. The van der Waals surface area contributed by atoms with Crippen molar-refractivity contribution in [3.63, 3.8) is 0 Å². The first kappa shape index (κ1) is 11.9. The van der Waals surface area contributed by atoms with Crippen molar-refractivity contribution in [2.75, 3.05) is 5.32 Å². The van der Waals surface area contributed by atoms with Crippen LogP contribution in [0.15, 0.2) is 17.9 Å². The van der Waals surface area contributed by atoms with Gasteiger partial charge < -0.3 is 5.32 Å². The second-order valence-electron chi connectivity index (χ2n) is 4.21. The van der Waals surface area contributed by atoms with Crippen LogP contribution in [0.1, 0.15) is 24.5 Å². The van der Waals surface area contributed by atoms with E-state index in [9.17, 15) is 4.39 Å². The third kappa shape index (κ3) is 2.41. The van der Waals surface area contributed by atoms with Crippen molar-refractivity contribution in [3.8, 4) is 0 Å². The zero-order valence-corrected chi connectivity index (χ0v) is 10.7. The number of hydrogen-bond donors (Lipinski definition) is 1. The van der Waals surface area contributed by atoms with Gasteiger partial charge in [0.1, 0.15) is 11.3 Å². The summed E-state index contributed by atoms with van der Waals surface area (Å²) in [5.41, 5.74) is -0.132. The van der Waals surface area contributed by atoms with E-state index in [-0.39, 0.29) is 5.82 Å². The molecule has 0 aromatic carbocycles. The number of rotatable bonds is 3. The van der Waals surface area contributed by atoms with Crippen LogP contribution in [0.3, 0.4) is 0 Å². The molecule has 0 aliphatic heterocycles. The molecule has 0 aliphatic carbocycles. The fourth-order valence-electron chi connectivity index (χ4n) is 1.43. The van der Waals surface area contributed by atoms with Crippen LogP contribution < -0.4 is 5.32 Å². The largest absolute Gasteiger partial charge is 0.356 e. The molecular formula is C11H13FN4S. The van der Waals surface area contributed by atoms with E-state index in [2.05, 4.69) is 20.3 Å². The maximum Gasteiger partial charge on any atom is 0.186 e. The average Bonchev–Trinajstić information content (AvgIpc) is 2.78. The second kappa shape index (κ2) is 4.37. The van der Waals surface area contributed by atoms with Gasteiger partial charge in [0.15, 0.2) is 11.6 Å². The number of thiazole rings is 1. The normalized spacial score (nSPS) is 11.5. The van der Waals surface area contributed by atoms with Gasteiger partial charge >= 0.3 is 0 Å². The molecule has 0 spiro atoms. The standard InChI is InChI=1S/C11H13FN4S/c1-7-8(12)9(15-6-14-7)16-11(2,3)10-13-4-5-17-10/h4-6H,1-3H3,(H,14,15,16). The molecule has 90 valence electrons. The molecule has 2 aromatic rings. The molecule has 2 heterocycles. The zero-order valence-electron chi connectivity index (χ0n) is 9.86. The number of aromatic nitrogens is 3. The Bertz CT molecular complexity index is 510. The molecule has 0 aliphatic rings. The van der Waals surface area contributed by atoms with E-state index in [0.717, 1.165) is 5.01 Å². The highest BCUT2D eigenvalue weighted by atomic mass is 32.1. The molecule has 17 heavy (non-hydrogen) atoms. The van der Waals surface area contributed by atoms with Crippen LogP contribution in [0.5, 0.6) is 0 Å². The van der Waals surface area contributed by atoms with Gasteiger partial charge in [0.2, 0.25) is 0 Å². The molecule has 4 nitrogen and oxygen atoms in total. The Kier molecular flexibility index (Phi) is 3.06. The summed E-state index contributed by atoms with van der Waals surface area (Å²) in [6.45, 7) is 5.48. The molecule has 0 saturated carbocycles. The average molecular weight is 252 g/mol. The molecule has 0 radical (unpaired) electrons. The molecule has 2 rings (SSSR count). The lowest BCUT2D eigenvalue weighted by atomic mass is 10.1. The fourth-order valence-corrected chi connectivity index (χ4v) is 2.14. The molecule has 1 N–H and O–H groups in total. The maximum atomic E-state index is 13.8. The van der Waals surface area contributed by atoms with Crippen molar-refractivity contribution in [2.45, 2.75) is 26.3 Å². The second-order valence-corrected chi connectivity index (χ2v) is 5.10. The van der Waals surface area contributed by atoms with E-state index in [1.165, 1.54) is 17.7 Å². The number of nitrogens with one attached hydrogen (secondary N) is 1. The Labute approximate surface area is 103 Å². The molecule has 0 bridgehead atoms. The Hall–Kier alpha value is -1.56. The summed E-state index contributed by atoms with van der Waals surface area (Å²) >= 11 is 1.52. The highest BCUT2D eigenvalue weighted by Crippen LogP contribution is 2.27. The summed E-state index contributed by atoms with van der Waals surface area (Å²) in [5.74, 6) is -0.213. The van der Waals surface area contributed by atoms with E-state index >= 15 is 0 Å². The van der Waals surface area contributed by atoms with Gasteiger partial charge in [-0.2, -0.15) is 0 Å². The summed E-state index contributed by atoms with van der Waals surface area (Å²) < 4.78 is 13.8. The van der Waals surface area contributed by atoms with Crippen LogP contribution in [0.2, 0.25) is 0 Å². The number of halogens is 1. The Morgan fingerprint density at radius 3 is 2.71 bits per heavy atom. The quantitative estimate of drug-likeness (QED) is 0.912. The summed E-state index contributed by atoms with van der Waals surface area (Å²) in [6.07, 6.45) is 3.07. The lowest BCUT2D eigenvalue weighted by molar-refractivity contribution is 0.565. The topological polar surface area (TPSA) is 50.7 Å². The smallest absolute Gasteiger partial charge is 0.186 e. The predicted molar refractivity (Wildman–Crippen MR) is 65.5 cm³/mol. The summed E-state index contributed by atoms with van der Waals surface area (Å²) in [7, 11) is 0. The number of aryl methyl sites for hydroxylation is 1. The third-order valence-electron chi connectivity index (χ3n) is 2.36. The van der Waals surface area contributed by atoms with Crippen LogP contribution in [-0.2, 0) is 5.54 Å². The summed E-state index contributed by atoms with van der Waals surface area (Å²) in [5, 5.41) is 5.82. The van der Waals surface area contributed by atoms with Gasteiger partial charge in [-0.3, -0.25) is 0 Å². The van der Waals surface area contributed by atoms with Gasteiger partial charge in [0.25, 0.3) is 0 Å². The molecule has 2 aromatic heterocycles. The van der Waals surface area contributed by atoms with E-state index in [1.807, 2.05) is 19.2 Å². The minimum atomic E-state index is -0.463. The summed E-state index contributed by atoms with van der Waals surface area (Å²) in [6, 6.07) is 0. The first-order chi connectivity index (χ1) is 8.00. The van der Waals surface area contributed by atoms with Gasteiger partial charge in [-0.25, -0.2) is 19.3 Å². The zero-order chi connectivity index (χ0) is 12.5. The predicted octanol–water partition coefficient (Wildman–Crippen LogP) is 2.73. The lowest BCUT2D eigenvalue weighted by Crippen LogP contribution is -2.29. The van der Waals surface area contributed by atoms with Gasteiger partial charge in [-0.15, -0.1) is 11.3 Å². The SMILES string of the molecule is Cc1ncnc(NC(C)(C)c2nccs2)c1F. The molecule has 0 saturated heterocycles. The van der Waals surface area contributed by atoms with Crippen LogP contribution in [0.4, 0.5) is 10.2 Å². The fraction of sp³-hybridized carbons (Fsp3) is 0.364. The molecule has 6 heteroatoms. The Balaban J connectivity index is 2.29. The van der Waals surface area contributed by atoms with E-state index in [1.54, 1.807) is 13.1 Å². The highest BCUT2D eigenvalue weighted by Gasteiger charge is 2.25. The van der Waals surface area contributed by atoms with Crippen molar-refractivity contribution in [1.82, 2.24) is 15.0 Å². The highest BCUT2D eigenvalue weighted by molar-refractivity contribution is 7.09. The van der Waals surface area contributed by atoms with Crippen molar-refractivity contribution in [3.05, 3.63) is 34.4 Å². The minimum absolute atomic E-state index is 0.206. The molecular weight excluding hydrogens is 239 g/mol. The molecule has 0 amide bonds. The van der Waals surface area contributed by atoms with Crippen molar-refractivity contribution in [2.24, 2.45) is 0 Å². The number of nitrogens with zero attached hydrogens (tertiary/aromatic N) is 3. The van der Waals surface area contributed by atoms with Gasteiger partial charge in [-0.05, 0) is 20.8 Å². The van der Waals surface area contributed by atoms with Crippen molar-refractivity contribution in [1.29, 1.82) is 0 Å². The lowest BCUT2D eigenvalue weighted by Gasteiger charge is -2.24. The first-order valence-electron chi connectivity index (χ1n) is 5.16. The molecule has 0 fully saturated rings. The van der Waals surface area contributed by atoms with Crippen molar-refractivity contribution < 1.29 is 4.39 Å². The summed E-state index contributed by atoms with van der Waals surface area (Å²) in [4.78, 5) is 11.9. The monoisotopic (exact) mass is 252 g/mol. The van der Waals surface area contributed by atoms with Gasteiger partial charge in [0, 0.05) is 11.6 Å². The maximum absolute atomic E-state index is 13.8. The number of hydrogen-bond acceptors (Lipinski definition) is 5. The third-order valence-corrected chi connectivity index (χ3v) is 3.46. The van der Waals surface area contributed by atoms with Gasteiger partial charge in [-0.1, -0.05) is 0 Å². The van der Waals surface area contributed by atoms with Gasteiger partial charge in [0.05, 0.1) is 11.2 Å². The first-order valence-corrected chi connectivity index (χ1v) is 6.04. The van der Waals surface area contributed by atoms with Crippen LogP contribution in [-0.4, -0.2) is 15.0 Å². The molecule has 0 unspecified atom stereocenters. The Morgan fingerprint density at radius 2 is 2.06 bits per heavy atom. The van der Waals surface area contributed by atoms with Crippen LogP contribution in [0.25, 0.3) is 0 Å². The minimum Gasteiger partial charge on any atom is -0.356 e. The van der Waals surface area contributed by atoms with E-state index < -0.39 is 11.4 Å². The number of anilines is 1. The van der Waals surface area contributed by atoms with Crippen LogP contribution >= 0.6 is 11.3 Å². The van der Waals surface area contributed by atoms with Crippen molar-refractivity contribution >= 4 is 17.2 Å². The van der Waals surface area contributed by atoms with E-state index in [4.69, 9.17) is 0 Å².